The lowest BCUT2D eigenvalue weighted by Gasteiger charge is -2.12. The summed E-state index contributed by atoms with van der Waals surface area (Å²) in [6, 6.07) is 4.48. The van der Waals surface area contributed by atoms with Crippen molar-refractivity contribution in [3.63, 3.8) is 0 Å². The lowest BCUT2D eigenvalue weighted by atomic mass is 10.1. The molecule has 0 saturated carbocycles. The smallest absolute Gasteiger partial charge is 0.251 e. The first-order valence-corrected chi connectivity index (χ1v) is 8.00. The molecule has 1 aromatic rings. The minimum atomic E-state index is -0.369. The van der Waals surface area contributed by atoms with E-state index in [0.717, 1.165) is 19.0 Å². The number of carbonyl (C=O) groups excluding carboxylic acids is 1. The van der Waals surface area contributed by atoms with E-state index in [0.29, 0.717) is 30.1 Å². The van der Waals surface area contributed by atoms with E-state index in [1.807, 2.05) is 6.92 Å². The molecule has 7 heteroatoms. The molecule has 0 heterocycles. The summed E-state index contributed by atoms with van der Waals surface area (Å²) in [6.07, 6.45) is 0. The van der Waals surface area contributed by atoms with Gasteiger partial charge in [-0.25, -0.2) is 4.39 Å². The van der Waals surface area contributed by atoms with Gasteiger partial charge in [0.05, 0.1) is 0 Å². The van der Waals surface area contributed by atoms with Gasteiger partial charge in [-0.3, -0.25) is 9.79 Å². The van der Waals surface area contributed by atoms with Crippen LogP contribution in [0.15, 0.2) is 23.2 Å². The summed E-state index contributed by atoms with van der Waals surface area (Å²) in [5.41, 5.74) is 0.855. The fourth-order valence-corrected chi connectivity index (χ4v) is 1.81. The molecule has 0 bridgehead atoms. The maximum Gasteiger partial charge on any atom is 0.251 e. The molecule has 0 unspecified atom stereocenters. The third-order valence-corrected chi connectivity index (χ3v) is 3.10. The zero-order valence-corrected chi connectivity index (χ0v) is 17.1. The summed E-state index contributed by atoms with van der Waals surface area (Å²) in [7, 11) is 0. The standard InChI is InChI=1S/C17H27FN4O.HI/c1-5-19-17(22-11-12(2)3)21-9-8-20-16(23)14-7-6-13(4)15(18)10-14;/h6-7,10,12H,5,8-9,11H2,1-4H3,(H,20,23)(H2,19,21,22);1H. The molecule has 0 spiro atoms. The van der Waals surface area contributed by atoms with Crippen LogP contribution in [0.1, 0.15) is 36.7 Å². The van der Waals surface area contributed by atoms with E-state index < -0.39 is 0 Å². The van der Waals surface area contributed by atoms with E-state index >= 15 is 0 Å². The molecule has 3 N–H and O–H groups in total. The Hall–Kier alpha value is -1.38. The van der Waals surface area contributed by atoms with E-state index in [9.17, 15) is 9.18 Å². The van der Waals surface area contributed by atoms with Gasteiger partial charge < -0.3 is 16.0 Å². The van der Waals surface area contributed by atoms with Crippen LogP contribution in [-0.4, -0.2) is 38.0 Å². The minimum Gasteiger partial charge on any atom is -0.357 e. The number of benzene rings is 1. The largest absolute Gasteiger partial charge is 0.357 e. The van der Waals surface area contributed by atoms with Gasteiger partial charge in [0.25, 0.3) is 5.91 Å². The van der Waals surface area contributed by atoms with Crippen molar-refractivity contribution in [3.8, 4) is 0 Å². The average Bonchev–Trinajstić information content (AvgIpc) is 2.51. The predicted molar refractivity (Wildman–Crippen MR) is 108 cm³/mol. The van der Waals surface area contributed by atoms with Crippen molar-refractivity contribution >= 4 is 35.8 Å². The van der Waals surface area contributed by atoms with Gasteiger partial charge in [-0.15, -0.1) is 24.0 Å². The number of aliphatic imine (C=N–C) groups is 1. The molecule has 0 fully saturated rings. The number of rotatable bonds is 7. The number of hydrogen-bond donors (Lipinski definition) is 3. The number of aryl methyl sites for hydroxylation is 1. The molecule has 1 amide bonds. The van der Waals surface area contributed by atoms with Crippen molar-refractivity contribution in [2.75, 3.05) is 26.2 Å². The van der Waals surface area contributed by atoms with E-state index in [1.54, 1.807) is 19.1 Å². The number of nitrogens with zero attached hydrogens (tertiary/aromatic N) is 1. The zero-order chi connectivity index (χ0) is 17.2. The highest BCUT2D eigenvalue weighted by molar-refractivity contribution is 14.0. The van der Waals surface area contributed by atoms with Gasteiger partial charge in [0, 0.05) is 31.7 Å². The molecule has 0 aliphatic rings. The Morgan fingerprint density at radius 2 is 1.88 bits per heavy atom. The van der Waals surface area contributed by atoms with Crippen LogP contribution in [0.25, 0.3) is 0 Å². The zero-order valence-electron chi connectivity index (χ0n) is 14.8. The third-order valence-electron chi connectivity index (χ3n) is 3.10. The number of halogens is 2. The molecule has 0 aromatic heterocycles. The quantitative estimate of drug-likeness (QED) is 0.259. The van der Waals surface area contributed by atoms with Crippen LogP contribution < -0.4 is 16.0 Å². The second-order valence-corrected chi connectivity index (χ2v) is 5.76. The molecular formula is C17H28FIN4O. The van der Waals surface area contributed by atoms with E-state index in [4.69, 9.17) is 0 Å². The van der Waals surface area contributed by atoms with E-state index in [1.165, 1.54) is 6.07 Å². The van der Waals surface area contributed by atoms with Gasteiger partial charge >= 0.3 is 0 Å². The first-order valence-electron chi connectivity index (χ1n) is 8.00. The third kappa shape index (κ3) is 8.47. The van der Waals surface area contributed by atoms with Gasteiger partial charge in [-0.05, 0) is 37.5 Å². The monoisotopic (exact) mass is 450 g/mol. The topological polar surface area (TPSA) is 65.5 Å². The van der Waals surface area contributed by atoms with Gasteiger partial charge in [0.2, 0.25) is 0 Å². The molecule has 136 valence electrons. The number of amides is 1. The Kier molecular flexibility index (Phi) is 11.4. The fourth-order valence-electron chi connectivity index (χ4n) is 1.81. The first-order chi connectivity index (χ1) is 10.9. The number of hydrogen-bond acceptors (Lipinski definition) is 2. The van der Waals surface area contributed by atoms with Gasteiger partial charge in [-0.2, -0.15) is 0 Å². The van der Waals surface area contributed by atoms with Crippen molar-refractivity contribution in [2.45, 2.75) is 27.7 Å². The normalized spacial score (nSPS) is 11.0. The molecule has 1 rings (SSSR count). The van der Waals surface area contributed by atoms with Crippen LogP contribution in [0.5, 0.6) is 0 Å². The van der Waals surface area contributed by atoms with Crippen molar-refractivity contribution < 1.29 is 9.18 Å². The number of carbonyl (C=O) groups is 1. The number of guanidine groups is 1. The summed E-state index contributed by atoms with van der Waals surface area (Å²) in [4.78, 5) is 16.4. The molecule has 0 saturated heterocycles. The summed E-state index contributed by atoms with van der Waals surface area (Å²) in [5, 5.41) is 9.06. The van der Waals surface area contributed by atoms with Crippen molar-refractivity contribution in [1.29, 1.82) is 0 Å². The van der Waals surface area contributed by atoms with Crippen molar-refractivity contribution in [1.82, 2.24) is 16.0 Å². The highest BCUT2D eigenvalue weighted by Crippen LogP contribution is 2.08. The Morgan fingerprint density at radius 3 is 2.46 bits per heavy atom. The van der Waals surface area contributed by atoms with Crippen LogP contribution >= 0.6 is 24.0 Å². The lowest BCUT2D eigenvalue weighted by Crippen LogP contribution is -2.41. The van der Waals surface area contributed by atoms with Crippen LogP contribution in [0.3, 0.4) is 0 Å². The highest BCUT2D eigenvalue weighted by atomic mass is 127. The minimum absolute atomic E-state index is 0. The lowest BCUT2D eigenvalue weighted by molar-refractivity contribution is 0.0954. The maximum atomic E-state index is 13.5. The SMILES string of the molecule is CCNC(=NCC(C)C)NCCNC(=O)c1ccc(C)c(F)c1.I. The molecule has 0 aliphatic carbocycles. The predicted octanol–water partition coefficient (Wildman–Crippen LogP) is 2.69. The van der Waals surface area contributed by atoms with E-state index in [-0.39, 0.29) is 35.7 Å². The molecule has 5 nitrogen and oxygen atoms in total. The fraction of sp³-hybridized carbons (Fsp3) is 0.529. The molecule has 0 aliphatic heterocycles. The molecule has 0 radical (unpaired) electrons. The molecule has 1 aromatic carbocycles. The summed E-state index contributed by atoms with van der Waals surface area (Å²) in [6.45, 7) is 10.4. The van der Waals surface area contributed by atoms with Crippen LogP contribution in [0, 0.1) is 18.7 Å². The van der Waals surface area contributed by atoms with E-state index in [2.05, 4.69) is 34.8 Å². The summed E-state index contributed by atoms with van der Waals surface area (Å²) >= 11 is 0. The molecule has 24 heavy (non-hydrogen) atoms. The average molecular weight is 450 g/mol. The second kappa shape index (κ2) is 12.0. The van der Waals surface area contributed by atoms with Crippen molar-refractivity contribution in [2.24, 2.45) is 10.9 Å². The Labute approximate surface area is 160 Å². The first kappa shape index (κ1) is 22.6. The molecular weight excluding hydrogens is 422 g/mol. The molecule has 0 atom stereocenters. The van der Waals surface area contributed by atoms with Gasteiger partial charge in [0.15, 0.2) is 5.96 Å². The van der Waals surface area contributed by atoms with Crippen LogP contribution in [0.2, 0.25) is 0 Å². The van der Waals surface area contributed by atoms with Crippen molar-refractivity contribution in [3.05, 3.63) is 35.1 Å². The summed E-state index contributed by atoms with van der Waals surface area (Å²) < 4.78 is 13.5. The Morgan fingerprint density at radius 1 is 1.21 bits per heavy atom. The van der Waals surface area contributed by atoms with Gasteiger partial charge in [0.1, 0.15) is 5.82 Å². The van der Waals surface area contributed by atoms with Crippen LogP contribution in [-0.2, 0) is 0 Å². The summed E-state index contributed by atoms with van der Waals surface area (Å²) in [5.74, 6) is 0.569. The van der Waals surface area contributed by atoms with Crippen LogP contribution in [0.4, 0.5) is 4.39 Å². The second-order valence-electron chi connectivity index (χ2n) is 5.76. The highest BCUT2D eigenvalue weighted by Gasteiger charge is 2.07. The number of nitrogens with one attached hydrogen (secondary N) is 3. The van der Waals surface area contributed by atoms with Gasteiger partial charge in [-0.1, -0.05) is 19.9 Å². The Bertz CT molecular complexity index is 549. The Balaban J connectivity index is 0.00000529. The maximum absolute atomic E-state index is 13.5.